The monoisotopic (exact) mass is 202 g/mol. The minimum Gasteiger partial charge on any atom is -0.340 e. The molecular weight excluding hydrogens is 188 g/mol. The molecule has 4 heteroatoms. The molecule has 4 nitrogen and oxygen atoms in total. The van der Waals surface area contributed by atoms with Crippen molar-refractivity contribution in [1.29, 1.82) is 0 Å². The maximum atomic E-state index is 6.06. The lowest BCUT2D eigenvalue weighted by Gasteiger charge is -2.08. The second-order valence-corrected chi connectivity index (χ2v) is 3.67. The van der Waals surface area contributed by atoms with Gasteiger partial charge in [0.1, 0.15) is 0 Å². The van der Waals surface area contributed by atoms with Gasteiger partial charge in [-0.25, -0.2) is 4.98 Å². The first-order valence-corrected chi connectivity index (χ1v) is 4.83. The highest BCUT2D eigenvalue weighted by Crippen LogP contribution is 2.16. The van der Waals surface area contributed by atoms with E-state index in [-0.39, 0.29) is 6.04 Å². The average molecular weight is 202 g/mol. The van der Waals surface area contributed by atoms with Crippen LogP contribution in [0, 0.1) is 6.92 Å². The third-order valence-corrected chi connectivity index (χ3v) is 2.34. The van der Waals surface area contributed by atoms with Gasteiger partial charge in [0, 0.05) is 25.1 Å². The van der Waals surface area contributed by atoms with E-state index in [1.807, 2.05) is 36.9 Å². The Morgan fingerprint density at radius 2 is 2.13 bits per heavy atom. The molecule has 2 aromatic heterocycles. The fourth-order valence-electron chi connectivity index (χ4n) is 1.43. The fraction of sp³-hybridized carbons (Fsp3) is 0.273. The smallest absolute Gasteiger partial charge is 0.0947 e. The maximum absolute atomic E-state index is 6.06. The summed E-state index contributed by atoms with van der Waals surface area (Å²) >= 11 is 0. The van der Waals surface area contributed by atoms with Crippen molar-refractivity contribution in [1.82, 2.24) is 14.5 Å². The van der Waals surface area contributed by atoms with Gasteiger partial charge in [0.05, 0.1) is 18.1 Å². The molecule has 0 radical (unpaired) electrons. The summed E-state index contributed by atoms with van der Waals surface area (Å²) in [4.78, 5) is 8.44. The molecule has 0 saturated carbocycles. The van der Waals surface area contributed by atoms with Crippen molar-refractivity contribution in [2.45, 2.75) is 13.0 Å². The molecule has 2 heterocycles. The third-order valence-electron chi connectivity index (χ3n) is 2.34. The zero-order valence-electron chi connectivity index (χ0n) is 8.88. The summed E-state index contributed by atoms with van der Waals surface area (Å²) in [7, 11) is 1.93. The van der Waals surface area contributed by atoms with Gasteiger partial charge in [-0.2, -0.15) is 0 Å². The molecule has 15 heavy (non-hydrogen) atoms. The van der Waals surface area contributed by atoms with Gasteiger partial charge >= 0.3 is 0 Å². The van der Waals surface area contributed by atoms with E-state index in [0.717, 1.165) is 17.0 Å². The number of nitrogens with two attached hydrogens (primary N) is 1. The molecule has 0 aliphatic carbocycles. The van der Waals surface area contributed by atoms with Gasteiger partial charge < -0.3 is 10.3 Å². The van der Waals surface area contributed by atoms with E-state index >= 15 is 0 Å². The molecule has 0 aliphatic rings. The second-order valence-electron chi connectivity index (χ2n) is 3.67. The van der Waals surface area contributed by atoms with E-state index in [2.05, 4.69) is 9.97 Å². The topological polar surface area (TPSA) is 56.7 Å². The molecule has 0 aromatic carbocycles. The molecule has 0 saturated heterocycles. The number of hydrogen-bond acceptors (Lipinski definition) is 3. The van der Waals surface area contributed by atoms with Crippen molar-refractivity contribution in [2.75, 3.05) is 0 Å². The van der Waals surface area contributed by atoms with E-state index in [1.165, 1.54) is 0 Å². The normalized spacial score (nSPS) is 12.7. The Labute approximate surface area is 88.8 Å². The Bertz CT molecular complexity index is 444. The summed E-state index contributed by atoms with van der Waals surface area (Å²) in [6.07, 6.45) is 5.47. The Morgan fingerprint density at radius 1 is 1.33 bits per heavy atom. The lowest BCUT2D eigenvalue weighted by molar-refractivity contribution is 0.826. The van der Waals surface area contributed by atoms with Gasteiger partial charge in [-0.1, -0.05) is 6.07 Å². The summed E-state index contributed by atoms with van der Waals surface area (Å²) in [6, 6.07) is 3.75. The molecule has 0 spiro atoms. The van der Waals surface area contributed by atoms with E-state index < -0.39 is 0 Å². The zero-order valence-corrected chi connectivity index (χ0v) is 8.88. The van der Waals surface area contributed by atoms with Crippen LogP contribution in [0.25, 0.3) is 0 Å². The minimum absolute atomic E-state index is 0.195. The summed E-state index contributed by atoms with van der Waals surface area (Å²) in [5, 5.41) is 0. The van der Waals surface area contributed by atoms with Crippen LogP contribution in [0.2, 0.25) is 0 Å². The van der Waals surface area contributed by atoms with Crippen LogP contribution in [0.1, 0.15) is 23.0 Å². The fourth-order valence-corrected chi connectivity index (χ4v) is 1.43. The first-order valence-electron chi connectivity index (χ1n) is 4.83. The number of pyridine rings is 1. The standard InChI is InChI=1S/C11H14N4/c1-8-3-4-9(5-13-8)11(12)10-6-15(2)7-14-10/h3-7,11H,12H2,1-2H3. The highest BCUT2D eigenvalue weighted by molar-refractivity contribution is 5.24. The predicted octanol–water partition coefficient (Wildman–Crippen LogP) is 1.17. The van der Waals surface area contributed by atoms with Gasteiger partial charge in [-0.15, -0.1) is 0 Å². The van der Waals surface area contributed by atoms with Crippen LogP contribution < -0.4 is 5.73 Å². The zero-order chi connectivity index (χ0) is 10.8. The van der Waals surface area contributed by atoms with Crippen molar-refractivity contribution in [3.63, 3.8) is 0 Å². The molecular formula is C11H14N4. The quantitative estimate of drug-likeness (QED) is 0.795. The predicted molar refractivity (Wildman–Crippen MR) is 58.2 cm³/mol. The molecule has 0 fully saturated rings. The van der Waals surface area contributed by atoms with Crippen LogP contribution in [-0.4, -0.2) is 14.5 Å². The average Bonchev–Trinajstić information content (AvgIpc) is 2.65. The van der Waals surface area contributed by atoms with E-state index in [0.29, 0.717) is 0 Å². The van der Waals surface area contributed by atoms with Crippen LogP contribution in [0.4, 0.5) is 0 Å². The van der Waals surface area contributed by atoms with Crippen LogP contribution in [0.15, 0.2) is 30.9 Å². The van der Waals surface area contributed by atoms with Crippen molar-refractivity contribution < 1.29 is 0 Å². The highest BCUT2D eigenvalue weighted by atomic mass is 15.0. The molecule has 2 N–H and O–H groups in total. The largest absolute Gasteiger partial charge is 0.340 e. The number of hydrogen-bond donors (Lipinski definition) is 1. The third kappa shape index (κ3) is 2.05. The summed E-state index contributed by atoms with van der Waals surface area (Å²) in [5.74, 6) is 0. The molecule has 1 atom stereocenters. The molecule has 2 aromatic rings. The molecule has 0 bridgehead atoms. The van der Waals surface area contributed by atoms with Crippen LogP contribution in [0.5, 0.6) is 0 Å². The Morgan fingerprint density at radius 3 is 2.67 bits per heavy atom. The van der Waals surface area contributed by atoms with Crippen molar-refractivity contribution >= 4 is 0 Å². The summed E-state index contributed by atoms with van der Waals surface area (Å²) in [5.41, 5.74) is 8.91. The van der Waals surface area contributed by atoms with Crippen LogP contribution >= 0.6 is 0 Å². The summed E-state index contributed by atoms with van der Waals surface area (Å²) < 4.78 is 1.89. The minimum atomic E-state index is -0.195. The Kier molecular flexibility index (Phi) is 2.51. The van der Waals surface area contributed by atoms with Gasteiger partial charge in [0.15, 0.2) is 0 Å². The van der Waals surface area contributed by atoms with Gasteiger partial charge in [0.25, 0.3) is 0 Å². The van der Waals surface area contributed by atoms with Crippen LogP contribution in [0.3, 0.4) is 0 Å². The van der Waals surface area contributed by atoms with E-state index in [9.17, 15) is 0 Å². The van der Waals surface area contributed by atoms with Crippen LogP contribution in [-0.2, 0) is 7.05 Å². The lowest BCUT2D eigenvalue weighted by atomic mass is 10.1. The van der Waals surface area contributed by atoms with E-state index in [1.54, 1.807) is 12.5 Å². The van der Waals surface area contributed by atoms with Gasteiger partial charge in [0.2, 0.25) is 0 Å². The van der Waals surface area contributed by atoms with Crippen molar-refractivity contribution in [2.24, 2.45) is 12.8 Å². The highest BCUT2D eigenvalue weighted by Gasteiger charge is 2.11. The Balaban J connectivity index is 2.28. The first kappa shape index (κ1) is 9.86. The van der Waals surface area contributed by atoms with Gasteiger partial charge in [-0.05, 0) is 18.6 Å². The number of imidazole rings is 1. The number of aromatic nitrogens is 3. The number of rotatable bonds is 2. The molecule has 0 aliphatic heterocycles. The second kappa shape index (κ2) is 3.82. The number of aryl methyl sites for hydroxylation is 2. The first-order chi connectivity index (χ1) is 7.16. The van der Waals surface area contributed by atoms with Gasteiger partial charge in [-0.3, -0.25) is 4.98 Å². The molecule has 1 unspecified atom stereocenters. The maximum Gasteiger partial charge on any atom is 0.0947 e. The Hall–Kier alpha value is -1.68. The number of nitrogens with zero attached hydrogens (tertiary/aromatic N) is 3. The SMILES string of the molecule is Cc1ccc(C(N)c2cn(C)cn2)cn1. The summed E-state index contributed by atoms with van der Waals surface area (Å²) in [6.45, 7) is 1.95. The molecule has 2 rings (SSSR count). The lowest BCUT2D eigenvalue weighted by Crippen LogP contribution is -2.12. The van der Waals surface area contributed by atoms with E-state index in [4.69, 9.17) is 5.73 Å². The molecule has 0 amide bonds. The van der Waals surface area contributed by atoms with Crippen molar-refractivity contribution in [3.8, 4) is 0 Å². The molecule has 78 valence electrons. The van der Waals surface area contributed by atoms with Crippen molar-refractivity contribution in [3.05, 3.63) is 47.8 Å².